The van der Waals surface area contributed by atoms with Gasteiger partial charge in [-0.05, 0) is 37.7 Å². The van der Waals surface area contributed by atoms with Gasteiger partial charge in [0.05, 0.1) is 9.77 Å². The van der Waals surface area contributed by atoms with Gasteiger partial charge in [0.15, 0.2) is 0 Å². The van der Waals surface area contributed by atoms with Gasteiger partial charge >= 0.3 is 0 Å². The van der Waals surface area contributed by atoms with Crippen molar-refractivity contribution in [1.29, 1.82) is 0 Å². The van der Waals surface area contributed by atoms with E-state index in [-0.39, 0.29) is 10.8 Å². The highest BCUT2D eigenvalue weighted by molar-refractivity contribution is 7.89. The summed E-state index contributed by atoms with van der Waals surface area (Å²) in [5.41, 5.74) is 0. The summed E-state index contributed by atoms with van der Waals surface area (Å²) in [4.78, 5) is 15.5. The predicted molar refractivity (Wildman–Crippen MR) is 77.2 cm³/mol. The molecule has 5 nitrogen and oxygen atoms in total. The van der Waals surface area contributed by atoms with Crippen molar-refractivity contribution in [3.05, 3.63) is 15.8 Å². The number of carbonyl (C=O) groups is 1. The molecule has 0 radical (unpaired) electrons. The van der Waals surface area contributed by atoms with E-state index < -0.39 is 10.0 Å². The van der Waals surface area contributed by atoms with E-state index in [4.69, 9.17) is 5.14 Å². The number of fused-ring (bicyclic) bond motifs is 1. The Morgan fingerprint density at radius 3 is 2.45 bits per heavy atom. The average Bonchev–Trinajstić information content (AvgIpc) is 2.98. The Hall–Kier alpha value is -0.920. The van der Waals surface area contributed by atoms with Crippen LogP contribution in [0.2, 0.25) is 0 Å². The van der Waals surface area contributed by atoms with Crippen LogP contribution < -0.4 is 5.14 Å². The summed E-state index contributed by atoms with van der Waals surface area (Å²) in [7, 11) is -3.75. The second-order valence-electron chi connectivity index (χ2n) is 5.74. The number of hydrogen-bond donors (Lipinski definition) is 1. The first kappa shape index (κ1) is 14.0. The van der Waals surface area contributed by atoms with Crippen molar-refractivity contribution < 1.29 is 13.2 Å². The van der Waals surface area contributed by atoms with E-state index in [1.54, 1.807) is 6.92 Å². The third kappa shape index (κ3) is 2.38. The monoisotopic (exact) mass is 314 g/mol. The van der Waals surface area contributed by atoms with Crippen LogP contribution in [-0.2, 0) is 10.0 Å². The largest absolute Gasteiger partial charge is 0.337 e. The molecule has 1 aliphatic carbocycles. The Morgan fingerprint density at radius 1 is 1.35 bits per heavy atom. The van der Waals surface area contributed by atoms with Crippen molar-refractivity contribution in [1.82, 2.24) is 4.90 Å². The molecule has 20 heavy (non-hydrogen) atoms. The molecule has 0 bridgehead atoms. The molecule has 2 aliphatic rings. The van der Waals surface area contributed by atoms with Gasteiger partial charge in [0.1, 0.15) is 0 Å². The fourth-order valence-corrected chi connectivity index (χ4v) is 5.52. The summed E-state index contributed by atoms with van der Waals surface area (Å²) >= 11 is 1.21. The summed E-state index contributed by atoms with van der Waals surface area (Å²) in [5, 5.41) is 5.15. The lowest BCUT2D eigenvalue weighted by Gasteiger charge is -2.16. The van der Waals surface area contributed by atoms with Crippen molar-refractivity contribution in [2.24, 2.45) is 17.0 Å². The Labute approximate surface area is 122 Å². The number of rotatable bonds is 2. The molecule has 2 atom stereocenters. The summed E-state index contributed by atoms with van der Waals surface area (Å²) in [6.45, 7) is 3.30. The fourth-order valence-electron chi connectivity index (χ4n) is 3.41. The summed E-state index contributed by atoms with van der Waals surface area (Å²) in [5.74, 6) is 1.22. The maximum atomic E-state index is 12.5. The smallest absolute Gasteiger partial charge is 0.263 e. The van der Waals surface area contributed by atoms with Crippen LogP contribution in [0.4, 0.5) is 0 Å². The molecule has 2 unspecified atom stereocenters. The van der Waals surface area contributed by atoms with Crippen molar-refractivity contribution in [3.8, 4) is 0 Å². The van der Waals surface area contributed by atoms with Crippen molar-refractivity contribution in [3.63, 3.8) is 0 Å². The number of amides is 1. The second-order valence-corrected chi connectivity index (χ2v) is 8.52. The minimum atomic E-state index is -3.75. The van der Waals surface area contributed by atoms with Gasteiger partial charge in [0.2, 0.25) is 10.0 Å². The molecule has 2 heterocycles. The molecule has 0 spiro atoms. The van der Waals surface area contributed by atoms with Gasteiger partial charge < -0.3 is 4.90 Å². The van der Waals surface area contributed by atoms with E-state index in [0.29, 0.717) is 21.6 Å². The number of aryl methyl sites for hydroxylation is 1. The van der Waals surface area contributed by atoms with Crippen LogP contribution in [0.15, 0.2) is 11.0 Å². The molecule has 1 amide bonds. The molecule has 1 saturated heterocycles. The predicted octanol–water partition coefficient (Wildman–Crippen LogP) is 1.58. The van der Waals surface area contributed by atoms with Crippen molar-refractivity contribution in [2.45, 2.75) is 31.1 Å². The standard InChI is InChI=1S/C13H18N2O3S2/c1-8-12(20(14,17)18)5-11(19-8)13(16)15-6-9-3-2-4-10(9)7-15/h5,9-10H,2-4,6-7H2,1H3,(H2,14,17,18). The van der Waals surface area contributed by atoms with Crippen LogP contribution >= 0.6 is 11.3 Å². The third-order valence-corrected chi connectivity index (χ3v) is 6.61. The fraction of sp³-hybridized carbons (Fsp3) is 0.615. The molecular formula is C13H18N2O3S2. The first-order valence-corrected chi connectivity index (χ1v) is 9.15. The molecule has 2 N–H and O–H groups in total. The van der Waals surface area contributed by atoms with Crippen LogP contribution in [0.3, 0.4) is 0 Å². The van der Waals surface area contributed by atoms with E-state index in [9.17, 15) is 13.2 Å². The Balaban J connectivity index is 1.82. The molecule has 110 valence electrons. The number of sulfonamides is 1. The number of carbonyl (C=O) groups excluding carboxylic acids is 1. The van der Waals surface area contributed by atoms with E-state index in [0.717, 1.165) is 13.1 Å². The first-order chi connectivity index (χ1) is 9.36. The number of hydrogen-bond acceptors (Lipinski definition) is 4. The topological polar surface area (TPSA) is 80.5 Å². The summed E-state index contributed by atoms with van der Waals surface area (Å²) < 4.78 is 22.9. The Morgan fingerprint density at radius 2 is 1.95 bits per heavy atom. The molecule has 7 heteroatoms. The lowest BCUT2D eigenvalue weighted by Crippen LogP contribution is -2.28. The third-order valence-electron chi connectivity index (χ3n) is 4.40. The van der Waals surface area contributed by atoms with Crippen LogP contribution in [0.5, 0.6) is 0 Å². The van der Waals surface area contributed by atoms with Crippen LogP contribution in [0.1, 0.15) is 33.8 Å². The van der Waals surface area contributed by atoms with Crippen LogP contribution in [-0.4, -0.2) is 32.3 Å². The zero-order valence-electron chi connectivity index (χ0n) is 11.3. The van der Waals surface area contributed by atoms with E-state index >= 15 is 0 Å². The first-order valence-electron chi connectivity index (χ1n) is 6.79. The van der Waals surface area contributed by atoms with E-state index in [1.807, 2.05) is 4.90 Å². The molecule has 1 aromatic heterocycles. The highest BCUT2D eigenvalue weighted by Crippen LogP contribution is 2.38. The van der Waals surface area contributed by atoms with Gasteiger partial charge in [0.25, 0.3) is 5.91 Å². The Bertz CT molecular complexity index is 639. The molecule has 1 aliphatic heterocycles. The minimum Gasteiger partial charge on any atom is -0.337 e. The van der Waals surface area contributed by atoms with Gasteiger partial charge in [-0.3, -0.25) is 4.79 Å². The van der Waals surface area contributed by atoms with Crippen LogP contribution in [0, 0.1) is 18.8 Å². The van der Waals surface area contributed by atoms with Gasteiger partial charge in [-0.2, -0.15) is 0 Å². The highest BCUT2D eigenvalue weighted by Gasteiger charge is 2.38. The molecule has 0 aromatic carbocycles. The summed E-state index contributed by atoms with van der Waals surface area (Å²) in [6, 6.07) is 1.42. The van der Waals surface area contributed by atoms with Gasteiger partial charge in [-0.15, -0.1) is 11.3 Å². The zero-order valence-corrected chi connectivity index (χ0v) is 13.0. The van der Waals surface area contributed by atoms with Crippen molar-refractivity contribution >= 4 is 27.3 Å². The van der Waals surface area contributed by atoms with E-state index in [2.05, 4.69) is 0 Å². The maximum absolute atomic E-state index is 12.5. The lowest BCUT2D eigenvalue weighted by atomic mass is 10.0. The SMILES string of the molecule is Cc1sc(C(=O)N2CC3CCCC3C2)cc1S(N)(=O)=O. The number of nitrogens with two attached hydrogens (primary N) is 1. The van der Waals surface area contributed by atoms with Crippen LogP contribution in [0.25, 0.3) is 0 Å². The molecule has 2 fully saturated rings. The van der Waals surface area contributed by atoms with Crippen molar-refractivity contribution in [2.75, 3.05) is 13.1 Å². The van der Waals surface area contributed by atoms with Gasteiger partial charge in [-0.25, -0.2) is 13.6 Å². The number of thiophene rings is 1. The van der Waals surface area contributed by atoms with Gasteiger partial charge in [0, 0.05) is 18.0 Å². The lowest BCUT2D eigenvalue weighted by molar-refractivity contribution is 0.0785. The summed E-state index contributed by atoms with van der Waals surface area (Å²) in [6.07, 6.45) is 3.69. The molecule has 1 aromatic rings. The normalized spacial score (nSPS) is 26.0. The second kappa shape index (κ2) is 4.82. The zero-order chi connectivity index (χ0) is 14.5. The Kier molecular flexibility index (Phi) is 3.38. The number of primary sulfonamides is 1. The highest BCUT2D eigenvalue weighted by atomic mass is 32.2. The number of nitrogens with zero attached hydrogens (tertiary/aromatic N) is 1. The maximum Gasteiger partial charge on any atom is 0.263 e. The molecule has 3 rings (SSSR count). The molecular weight excluding hydrogens is 296 g/mol. The quantitative estimate of drug-likeness (QED) is 0.900. The molecule has 1 saturated carbocycles. The number of likely N-dealkylation sites (tertiary alicyclic amines) is 1. The van der Waals surface area contributed by atoms with Gasteiger partial charge in [-0.1, -0.05) is 6.42 Å². The minimum absolute atomic E-state index is 0.0533. The van der Waals surface area contributed by atoms with E-state index in [1.165, 1.54) is 36.7 Å². The average molecular weight is 314 g/mol.